The SMILES string of the molecule is CONC(=NS(=O)(=O)c1ccccc1C)N1CC(c2ccccc2)C(c2ccc(Cl)cc2)=N1. The first-order valence-corrected chi connectivity index (χ1v) is 12.1. The number of nitrogens with zero attached hydrogens (tertiary/aromatic N) is 3. The minimum Gasteiger partial charge on any atom is -0.277 e. The number of hydrogen-bond donors (Lipinski definition) is 1. The average Bonchev–Trinajstić information content (AvgIpc) is 3.25. The summed E-state index contributed by atoms with van der Waals surface area (Å²) < 4.78 is 30.2. The van der Waals surface area contributed by atoms with Gasteiger partial charge in [0.1, 0.15) is 0 Å². The van der Waals surface area contributed by atoms with Crippen molar-refractivity contribution in [1.29, 1.82) is 0 Å². The summed E-state index contributed by atoms with van der Waals surface area (Å²) >= 11 is 6.07. The molecule has 0 amide bonds. The lowest BCUT2D eigenvalue weighted by Gasteiger charge is -2.18. The quantitative estimate of drug-likeness (QED) is 0.332. The van der Waals surface area contributed by atoms with Crippen LogP contribution in [0.1, 0.15) is 22.6 Å². The zero-order chi connectivity index (χ0) is 23.4. The molecule has 0 radical (unpaired) electrons. The van der Waals surface area contributed by atoms with Gasteiger partial charge in [-0.15, -0.1) is 4.40 Å². The fourth-order valence-electron chi connectivity index (χ4n) is 3.68. The van der Waals surface area contributed by atoms with Gasteiger partial charge in [0.2, 0.25) is 0 Å². The number of sulfonamides is 1. The number of hydrogen-bond acceptors (Lipinski definition) is 4. The van der Waals surface area contributed by atoms with E-state index in [2.05, 4.69) is 9.88 Å². The molecule has 33 heavy (non-hydrogen) atoms. The van der Waals surface area contributed by atoms with Crippen LogP contribution in [0.15, 0.2) is 93.3 Å². The van der Waals surface area contributed by atoms with Crippen molar-refractivity contribution in [3.05, 3.63) is 101 Å². The van der Waals surface area contributed by atoms with Gasteiger partial charge in [-0.05, 0) is 41.8 Å². The highest BCUT2D eigenvalue weighted by Gasteiger charge is 2.32. The van der Waals surface area contributed by atoms with Crippen LogP contribution in [-0.4, -0.2) is 38.8 Å². The molecule has 1 unspecified atom stereocenters. The fourth-order valence-corrected chi connectivity index (χ4v) is 4.99. The molecular weight excluding hydrogens is 460 g/mol. The van der Waals surface area contributed by atoms with Gasteiger partial charge in [-0.25, -0.2) is 10.5 Å². The molecule has 0 fully saturated rings. The lowest BCUT2D eigenvalue weighted by atomic mass is 9.91. The lowest BCUT2D eigenvalue weighted by Crippen LogP contribution is -2.38. The Morgan fingerprint density at radius 3 is 2.39 bits per heavy atom. The molecule has 1 heterocycles. The first-order chi connectivity index (χ1) is 15.9. The van der Waals surface area contributed by atoms with Gasteiger partial charge in [-0.3, -0.25) is 4.84 Å². The highest BCUT2D eigenvalue weighted by atomic mass is 35.5. The summed E-state index contributed by atoms with van der Waals surface area (Å²) in [5.74, 6) is -0.136. The lowest BCUT2D eigenvalue weighted by molar-refractivity contribution is 0.132. The third kappa shape index (κ3) is 5.08. The molecule has 0 bridgehead atoms. The van der Waals surface area contributed by atoms with Gasteiger partial charge < -0.3 is 0 Å². The van der Waals surface area contributed by atoms with Crippen LogP contribution in [0.25, 0.3) is 0 Å². The Morgan fingerprint density at radius 2 is 1.73 bits per heavy atom. The van der Waals surface area contributed by atoms with Gasteiger partial charge in [-0.1, -0.05) is 72.3 Å². The van der Waals surface area contributed by atoms with Crippen molar-refractivity contribution in [2.24, 2.45) is 9.50 Å². The maximum absolute atomic E-state index is 13.1. The highest BCUT2D eigenvalue weighted by molar-refractivity contribution is 7.90. The first-order valence-electron chi connectivity index (χ1n) is 10.3. The van der Waals surface area contributed by atoms with Gasteiger partial charge in [0.25, 0.3) is 16.0 Å². The van der Waals surface area contributed by atoms with Crippen molar-refractivity contribution in [1.82, 2.24) is 10.5 Å². The molecule has 0 aliphatic carbocycles. The van der Waals surface area contributed by atoms with Crippen molar-refractivity contribution < 1.29 is 13.3 Å². The number of halogens is 1. The van der Waals surface area contributed by atoms with Gasteiger partial charge >= 0.3 is 0 Å². The minimum atomic E-state index is -4.00. The largest absolute Gasteiger partial charge is 0.285 e. The van der Waals surface area contributed by atoms with E-state index < -0.39 is 10.0 Å². The Labute approximate surface area is 198 Å². The van der Waals surface area contributed by atoms with Gasteiger partial charge in [0.05, 0.1) is 24.3 Å². The number of hydroxylamine groups is 1. The summed E-state index contributed by atoms with van der Waals surface area (Å²) in [6.07, 6.45) is 0. The number of guanidine groups is 1. The molecule has 3 aromatic carbocycles. The van der Waals surface area contributed by atoms with E-state index in [1.807, 2.05) is 42.5 Å². The molecule has 1 N–H and O–H groups in total. The van der Waals surface area contributed by atoms with Crippen LogP contribution in [0, 0.1) is 6.92 Å². The molecule has 170 valence electrons. The fraction of sp³-hybridized carbons (Fsp3) is 0.167. The molecule has 9 heteroatoms. The zero-order valence-corrected chi connectivity index (χ0v) is 19.7. The third-order valence-corrected chi connectivity index (χ3v) is 6.95. The Kier molecular flexibility index (Phi) is 6.78. The van der Waals surface area contributed by atoms with Crippen LogP contribution in [0.3, 0.4) is 0 Å². The van der Waals surface area contributed by atoms with Crippen LogP contribution in [0.5, 0.6) is 0 Å². The van der Waals surface area contributed by atoms with E-state index >= 15 is 0 Å². The minimum absolute atomic E-state index is 0.0225. The van der Waals surface area contributed by atoms with Crippen molar-refractivity contribution in [2.45, 2.75) is 17.7 Å². The van der Waals surface area contributed by atoms with Crippen molar-refractivity contribution in [3.8, 4) is 0 Å². The highest BCUT2D eigenvalue weighted by Crippen LogP contribution is 2.30. The molecular formula is C24H23ClN4O3S. The third-order valence-electron chi connectivity index (χ3n) is 5.27. The predicted octanol–water partition coefficient (Wildman–Crippen LogP) is 4.35. The molecule has 1 aliphatic rings. The molecule has 0 saturated heterocycles. The standard InChI is InChI=1S/C24H23ClN4O3S/c1-17-8-6-7-11-22(17)33(30,31)28-24(27-32-2)29-16-21(18-9-4-3-5-10-18)23(26-29)19-12-14-20(25)15-13-19/h3-15,21H,16H2,1-2H3,(H,27,28). The number of benzene rings is 3. The van der Waals surface area contributed by atoms with Crippen molar-refractivity contribution >= 4 is 33.3 Å². The summed E-state index contributed by atoms with van der Waals surface area (Å²) in [7, 11) is -2.61. The van der Waals surface area contributed by atoms with Crippen LogP contribution >= 0.6 is 11.6 Å². The van der Waals surface area contributed by atoms with Gasteiger partial charge in [0, 0.05) is 10.9 Å². The van der Waals surface area contributed by atoms with E-state index in [4.69, 9.17) is 21.5 Å². The van der Waals surface area contributed by atoms with E-state index in [1.54, 1.807) is 37.3 Å². The smallest absolute Gasteiger partial charge is 0.277 e. The summed E-state index contributed by atoms with van der Waals surface area (Å²) in [6, 6.07) is 24.0. The van der Waals surface area contributed by atoms with E-state index in [9.17, 15) is 8.42 Å². The van der Waals surface area contributed by atoms with Crippen LogP contribution in [0.4, 0.5) is 0 Å². The second-order valence-electron chi connectivity index (χ2n) is 7.50. The van der Waals surface area contributed by atoms with Gasteiger partial charge in [-0.2, -0.15) is 13.5 Å². The Morgan fingerprint density at radius 1 is 1.06 bits per heavy atom. The summed E-state index contributed by atoms with van der Waals surface area (Å²) in [5, 5.41) is 6.87. The van der Waals surface area contributed by atoms with E-state index in [0.717, 1.165) is 16.8 Å². The first kappa shape index (κ1) is 23.0. The molecule has 0 spiro atoms. The Bertz CT molecular complexity index is 1290. The van der Waals surface area contributed by atoms with Crippen molar-refractivity contribution in [2.75, 3.05) is 13.7 Å². The summed E-state index contributed by atoms with van der Waals surface area (Å²) in [4.78, 5) is 5.18. The zero-order valence-electron chi connectivity index (χ0n) is 18.1. The number of rotatable bonds is 5. The molecule has 4 rings (SSSR count). The van der Waals surface area contributed by atoms with E-state index in [1.165, 1.54) is 18.2 Å². The van der Waals surface area contributed by atoms with Crippen molar-refractivity contribution in [3.63, 3.8) is 0 Å². The Balaban J connectivity index is 1.77. The van der Waals surface area contributed by atoms with Crippen LogP contribution in [0.2, 0.25) is 5.02 Å². The molecule has 1 aliphatic heterocycles. The second kappa shape index (κ2) is 9.74. The topological polar surface area (TPSA) is 83.4 Å². The van der Waals surface area contributed by atoms with E-state index in [-0.39, 0.29) is 16.8 Å². The number of aryl methyl sites for hydroxylation is 1. The normalized spacial score (nSPS) is 16.6. The molecule has 3 aromatic rings. The maximum Gasteiger partial charge on any atom is 0.285 e. The monoisotopic (exact) mass is 482 g/mol. The Hall–Kier alpha value is -3.20. The second-order valence-corrected chi connectivity index (χ2v) is 9.51. The van der Waals surface area contributed by atoms with Gasteiger partial charge in [0.15, 0.2) is 0 Å². The summed E-state index contributed by atoms with van der Waals surface area (Å²) in [6.45, 7) is 2.10. The molecule has 0 aromatic heterocycles. The van der Waals surface area contributed by atoms with E-state index in [0.29, 0.717) is 17.1 Å². The number of hydrazone groups is 1. The van der Waals surface area contributed by atoms with Crippen LogP contribution in [-0.2, 0) is 14.9 Å². The van der Waals surface area contributed by atoms with Crippen LogP contribution < -0.4 is 5.48 Å². The molecule has 1 atom stereocenters. The number of nitrogens with one attached hydrogen (secondary N) is 1. The average molecular weight is 483 g/mol. The maximum atomic E-state index is 13.1. The summed E-state index contributed by atoms with van der Waals surface area (Å²) in [5.41, 5.74) is 5.90. The molecule has 0 saturated carbocycles. The predicted molar refractivity (Wildman–Crippen MR) is 130 cm³/mol. The molecule has 7 nitrogen and oxygen atoms in total.